The summed E-state index contributed by atoms with van der Waals surface area (Å²) in [5, 5.41) is 0. The first-order valence-corrected chi connectivity index (χ1v) is 9.91. The fraction of sp³-hybridized carbons (Fsp3) is 0.280. The van der Waals surface area contributed by atoms with Gasteiger partial charge in [-0.25, -0.2) is 0 Å². The number of hydrogen-bond donors (Lipinski definition) is 0. The molecule has 0 N–H and O–H groups in total. The van der Waals surface area contributed by atoms with Gasteiger partial charge in [0.2, 0.25) is 6.79 Å². The first-order chi connectivity index (χ1) is 13.8. The number of para-hydroxylation sites is 1. The fourth-order valence-corrected chi connectivity index (χ4v) is 3.91. The summed E-state index contributed by atoms with van der Waals surface area (Å²) in [7, 11) is 1.74. The van der Waals surface area contributed by atoms with Gasteiger partial charge in [-0.15, -0.1) is 0 Å². The minimum atomic E-state index is 0.265. The van der Waals surface area contributed by atoms with Crippen molar-refractivity contribution >= 4 is 0 Å². The molecule has 1 aliphatic rings. The SMILES string of the molecule is COc1ccccc1C(CCCCc1ccccc1)c1ccc2c(c1)OCO2. The average Bonchev–Trinajstić information content (AvgIpc) is 3.22. The van der Waals surface area contributed by atoms with Crippen LogP contribution in [0.2, 0.25) is 0 Å². The molecule has 3 aromatic rings. The van der Waals surface area contributed by atoms with Crippen molar-refractivity contribution in [1.29, 1.82) is 0 Å². The second-order valence-electron chi connectivity index (χ2n) is 7.14. The third-order valence-corrected chi connectivity index (χ3v) is 5.36. The Morgan fingerprint density at radius 2 is 1.64 bits per heavy atom. The molecule has 1 heterocycles. The van der Waals surface area contributed by atoms with Gasteiger partial charge >= 0.3 is 0 Å². The fourth-order valence-electron chi connectivity index (χ4n) is 3.91. The first-order valence-electron chi connectivity index (χ1n) is 9.91. The molecule has 1 unspecified atom stereocenters. The Balaban J connectivity index is 1.53. The number of unbranched alkanes of at least 4 members (excludes halogenated alkanes) is 1. The Bertz CT molecular complexity index is 905. The lowest BCUT2D eigenvalue weighted by Gasteiger charge is -2.21. The van der Waals surface area contributed by atoms with E-state index in [1.807, 2.05) is 18.2 Å². The third-order valence-electron chi connectivity index (χ3n) is 5.36. The number of methoxy groups -OCH3 is 1. The van der Waals surface area contributed by atoms with E-state index in [2.05, 4.69) is 54.6 Å². The molecular weight excluding hydrogens is 348 g/mol. The van der Waals surface area contributed by atoms with Gasteiger partial charge < -0.3 is 14.2 Å². The molecule has 0 radical (unpaired) electrons. The van der Waals surface area contributed by atoms with Crippen molar-refractivity contribution in [1.82, 2.24) is 0 Å². The van der Waals surface area contributed by atoms with Gasteiger partial charge in [0.25, 0.3) is 0 Å². The summed E-state index contributed by atoms with van der Waals surface area (Å²) < 4.78 is 16.8. The molecule has 0 spiro atoms. The molecule has 3 heteroatoms. The van der Waals surface area contributed by atoms with Crippen LogP contribution in [0.3, 0.4) is 0 Å². The quantitative estimate of drug-likeness (QED) is 0.455. The van der Waals surface area contributed by atoms with Crippen LogP contribution in [0.25, 0.3) is 0 Å². The molecule has 0 saturated heterocycles. The number of hydrogen-bond acceptors (Lipinski definition) is 3. The molecule has 0 aliphatic carbocycles. The van der Waals surface area contributed by atoms with Crippen LogP contribution < -0.4 is 14.2 Å². The molecule has 144 valence electrons. The van der Waals surface area contributed by atoms with Crippen LogP contribution in [0.5, 0.6) is 17.2 Å². The van der Waals surface area contributed by atoms with E-state index < -0.39 is 0 Å². The smallest absolute Gasteiger partial charge is 0.231 e. The topological polar surface area (TPSA) is 27.7 Å². The third kappa shape index (κ3) is 4.14. The summed E-state index contributed by atoms with van der Waals surface area (Å²) >= 11 is 0. The maximum Gasteiger partial charge on any atom is 0.231 e. The van der Waals surface area contributed by atoms with E-state index in [9.17, 15) is 0 Å². The van der Waals surface area contributed by atoms with Crippen molar-refractivity contribution in [2.45, 2.75) is 31.6 Å². The second kappa shape index (κ2) is 8.83. The zero-order valence-electron chi connectivity index (χ0n) is 16.3. The summed E-state index contributed by atoms with van der Waals surface area (Å²) in [4.78, 5) is 0. The Labute approximate surface area is 166 Å². The van der Waals surface area contributed by atoms with Crippen molar-refractivity contribution in [3.05, 3.63) is 89.5 Å². The van der Waals surface area contributed by atoms with Gasteiger partial charge in [0.1, 0.15) is 5.75 Å². The van der Waals surface area contributed by atoms with Gasteiger partial charge in [-0.2, -0.15) is 0 Å². The standard InChI is InChI=1S/C25H26O3/c1-26-23-14-8-7-13-22(23)21(12-6-5-11-19-9-3-2-4-10-19)20-15-16-24-25(17-20)28-18-27-24/h2-4,7-10,13-17,21H,5-6,11-12,18H2,1H3. The van der Waals surface area contributed by atoms with Crippen LogP contribution in [-0.2, 0) is 6.42 Å². The zero-order chi connectivity index (χ0) is 19.2. The van der Waals surface area contributed by atoms with E-state index in [0.29, 0.717) is 6.79 Å². The van der Waals surface area contributed by atoms with Crippen LogP contribution in [0.15, 0.2) is 72.8 Å². The van der Waals surface area contributed by atoms with Crippen LogP contribution in [0.4, 0.5) is 0 Å². The second-order valence-corrected chi connectivity index (χ2v) is 7.14. The highest BCUT2D eigenvalue weighted by Gasteiger charge is 2.21. The molecular formula is C25H26O3. The normalized spacial score (nSPS) is 13.3. The molecule has 3 nitrogen and oxygen atoms in total. The predicted molar refractivity (Wildman–Crippen MR) is 111 cm³/mol. The largest absolute Gasteiger partial charge is 0.496 e. The molecule has 0 saturated carbocycles. The van der Waals surface area contributed by atoms with Crippen molar-refractivity contribution in [3.63, 3.8) is 0 Å². The maximum atomic E-state index is 5.66. The highest BCUT2D eigenvalue weighted by Crippen LogP contribution is 2.40. The van der Waals surface area contributed by atoms with Gasteiger partial charge in [-0.1, -0.05) is 61.0 Å². The van der Waals surface area contributed by atoms with Crippen molar-refractivity contribution in [2.24, 2.45) is 0 Å². The number of ether oxygens (including phenoxy) is 3. The van der Waals surface area contributed by atoms with E-state index in [1.54, 1.807) is 7.11 Å². The Morgan fingerprint density at radius 3 is 2.50 bits per heavy atom. The highest BCUT2D eigenvalue weighted by molar-refractivity contribution is 5.49. The van der Waals surface area contributed by atoms with Crippen LogP contribution in [0, 0.1) is 0 Å². The Hall–Kier alpha value is -2.94. The molecule has 0 bridgehead atoms. The maximum absolute atomic E-state index is 5.66. The summed E-state index contributed by atoms with van der Waals surface area (Å²) in [6, 6.07) is 25.3. The average molecular weight is 374 g/mol. The number of rotatable bonds is 8. The predicted octanol–water partition coefficient (Wildman–Crippen LogP) is 5.97. The molecule has 0 amide bonds. The van der Waals surface area contributed by atoms with Crippen LogP contribution in [0.1, 0.15) is 41.9 Å². The van der Waals surface area contributed by atoms with Crippen molar-refractivity contribution < 1.29 is 14.2 Å². The summed E-state index contributed by atoms with van der Waals surface area (Å²) in [5.41, 5.74) is 3.87. The monoisotopic (exact) mass is 374 g/mol. The van der Waals surface area contributed by atoms with Gasteiger partial charge in [-0.3, -0.25) is 0 Å². The molecule has 1 atom stereocenters. The molecule has 0 fully saturated rings. The van der Waals surface area contributed by atoms with E-state index in [4.69, 9.17) is 14.2 Å². The number of fused-ring (bicyclic) bond motifs is 1. The number of aryl methyl sites for hydroxylation is 1. The summed E-state index contributed by atoms with van der Waals surface area (Å²) in [6.45, 7) is 0.301. The lowest BCUT2D eigenvalue weighted by molar-refractivity contribution is 0.174. The lowest BCUT2D eigenvalue weighted by atomic mass is 9.86. The van der Waals surface area contributed by atoms with E-state index in [-0.39, 0.29) is 5.92 Å². The zero-order valence-corrected chi connectivity index (χ0v) is 16.3. The first kappa shape index (κ1) is 18.4. The van der Waals surface area contributed by atoms with Crippen LogP contribution >= 0.6 is 0 Å². The van der Waals surface area contributed by atoms with E-state index >= 15 is 0 Å². The van der Waals surface area contributed by atoms with Gasteiger partial charge in [-0.05, 0) is 48.6 Å². The lowest BCUT2D eigenvalue weighted by Crippen LogP contribution is -2.04. The molecule has 28 heavy (non-hydrogen) atoms. The van der Waals surface area contributed by atoms with Crippen LogP contribution in [-0.4, -0.2) is 13.9 Å². The minimum absolute atomic E-state index is 0.265. The van der Waals surface area contributed by atoms with Gasteiger partial charge in [0, 0.05) is 11.5 Å². The van der Waals surface area contributed by atoms with E-state index in [0.717, 1.165) is 36.5 Å². The molecule has 4 rings (SSSR count). The highest BCUT2D eigenvalue weighted by atomic mass is 16.7. The van der Waals surface area contributed by atoms with Crippen molar-refractivity contribution in [2.75, 3.05) is 13.9 Å². The van der Waals surface area contributed by atoms with Gasteiger partial charge in [0.15, 0.2) is 11.5 Å². The molecule has 1 aliphatic heterocycles. The van der Waals surface area contributed by atoms with E-state index in [1.165, 1.54) is 23.1 Å². The Kier molecular flexibility index (Phi) is 5.81. The summed E-state index contributed by atoms with van der Waals surface area (Å²) in [6.07, 6.45) is 4.49. The summed E-state index contributed by atoms with van der Waals surface area (Å²) in [5.74, 6) is 2.86. The molecule has 0 aromatic heterocycles. The van der Waals surface area contributed by atoms with Crippen molar-refractivity contribution in [3.8, 4) is 17.2 Å². The molecule has 3 aromatic carbocycles. The minimum Gasteiger partial charge on any atom is -0.496 e. The Morgan fingerprint density at radius 1 is 0.857 bits per heavy atom. The number of benzene rings is 3. The van der Waals surface area contributed by atoms with Gasteiger partial charge in [0.05, 0.1) is 7.11 Å².